The highest BCUT2D eigenvalue weighted by Gasteiger charge is 2.17. The standard InChI is InChI=1S/C25H18O4/c1-15-24-21(22(14-28-24)17-8-10-18(27-2)11-9-17)12-20-19(13-23(26)29-25(15)20)16-6-4-3-5-7-16/h3-14H,1-2H3. The van der Waals surface area contributed by atoms with Crippen LogP contribution < -0.4 is 10.4 Å². The molecule has 0 saturated heterocycles. The van der Waals surface area contributed by atoms with Gasteiger partial charge in [0.05, 0.1) is 13.4 Å². The third-order valence-corrected chi connectivity index (χ3v) is 5.28. The first-order valence-corrected chi connectivity index (χ1v) is 9.34. The number of rotatable bonds is 3. The molecule has 4 nitrogen and oxygen atoms in total. The molecule has 0 saturated carbocycles. The van der Waals surface area contributed by atoms with E-state index in [1.165, 1.54) is 0 Å². The van der Waals surface area contributed by atoms with Gasteiger partial charge in [0.15, 0.2) is 0 Å². The fraction of sp³-hybridized carbons (Fsp3) is 0.0800. The van der Waals surface area contributed by atoms with E-state index in [0.29, 0.717) is 5.58 Å². The first kappa shape index (κ1) is 17.3. The summed E-state index contributed by atoms with van der Waals surface area (Å²) in [5, 5.41) is 1.86. The molecular formula is C25H18O4. The number of hydrogen-bond acceptors (Lipinski definition) is 4. The lowest BCUT2D eigenvalue weighted by Crippen LogP contribution is -1.99. The van der Waals surface area contributed by atoms with Crippen LogP contribution in [0.15, 0.2) is 86.6 Å². The van der Waals surface area contributed by atoms with Crippen LogP contribution >= 0.6 is 0 Å². The summed E-state index contributed by atoms with van der Waals surface area (Å²) in [5.74, 6) is 0.802. The minimum atomic E-state index is -0.374. The van der Waals surface area contributed by atoms with E-state index >= 15 is 0 Å². The van der Waals surface area contributed by atoms with Crippen LogP contribution in [0.4, 0.5) is 0 Å². The van der Waals surface area contributed by atoms with Gasteiger partial charge in [0.2, 0.25) is 0 Å². The summed E-state index contributed by atoms with van der Waals surface area (Å²) in [7, 11) is 1.65. The van der Waals surface area contributed by atoms with Crippen LogP contribution in [0.25, 0.3) is 44.2 Å². The molecule has 0 aliphatic rings. The van der Waals surface area contributed by atoms with Crippen LogP contribution in [0.3, 0.4) is 0 Å². The summed E-state index contributed by atoms with van der Waals surface area (Å²) in [6.45, 7) is 1.92. The lowest BCUT2D eigenvalue weighted by molar-refractivity contribution is 0.415. The Morgan fingerprint density at radius 2 is 1.48 bits per heavy atom. The van der Waals surface area contributed by atoms with Crippen LogP contribution in [0, 0.1) is 6.92 Å². The fourth-order valence-corrected chi connectivity index (χ4v) is 3.82. The number of fused-ring (bicyclic) bond motifs is 2. The smallest absolute Gasteiger partial charge is 0.336 e. The first-order valence-electron chi connectivity index (χ1n) is 9.34. The number of aryl methyl sites for hydroxylation is 1. The molecule has 0 bridgehead atoms. The van der Waals surface area contributed by atoms with Crippen LogP contribution in [-0.2, 0) is 0 Å². The van der Waals surface area contributed by atoms with Crippen LogP contribution in [0.1, 0.15) is 5.56 Å². The van der Waals surface area contributed by atoms with Gasteiger partial charge in [-0.25, -0.2) is 4.79 Å². The molecule has 2 heterocycles. The molecule has 0 atom stereocenters. The normalized spacial score (nSPS) is 11.2. The molecule has 5 aromatic rings. The number of furan rings is 1. The van der Waals surface area contributed by atoms with Gasteiger partial charge >= 0.3 is 5.63 Å². The first-order chi connectivity index (χ1) is 14.2. The second kappa shape index (κ2) is 6.67. The van der Waals surface area contributed by atoms with E-state index in [4.69, 9.17) is 13.6 Å². The zero-order chi connectivity index (χ0) is 20.0. The van der Waals surface area contributed by atoms with Crippen molar-refractivity contribution in [2.24, 2.45) is 0 Å². The van der Waals surface area contributed by atoms with Crippen LogP contribution in [-0.4, -0.2) is 7.11 Å². The van der Waals surface area contributed by atoms with Crippen molar-refractivity contribution < 1.29 is 13.6 Å². The zero-order valence-corrected chi connectivity index (χ0v) is 16.1. The van der Waals surface area contributed by atoms with Crippen molar-refractivity contribution in [3.63, 3.8) is 0 Å². The molecule has 0 amide bonds. The van der Waals surface area contributed by atoms with Gasteiger partial charge in [-0.3, -0.25) is 0 Å². The van der Waals surface area contributed by atoms with Gasteiger partial charge in [0, 0.05) is 28.0 Å². The quantitative estimate of drug-likeness (QED) is 0.349. The Labute approximate surface area is 167 Å². The average molecular weight is 382 g/mol. The largest absolute Gasteiger partial charge is 0.497 e. The van der Waals surface area contributed by atoms with Gasteiger partial charge in [-0.15, -0.1) is 0 Å². The Morgan fingerprint density at radius 1 is 0.793 bits per heavy atom. The van der Waals surface area contributed by atoms with Gasteiger partial charge in [-0.2, -0.15) is 0 Å². The van der Waals surface area contributed by atoms with E-state index in [0.717, 1.165) is 49.9 Å². The van der Waals surface area contributed by atoms with E-state index in [2.05, 4.69) is 0 Å². The predicted octanol–water partition coefficient (Wildman–Crippen LogP) is 6.19. The van der Waals surface area contributed by atoms with Crippen molar-refractivity contribution in [3.05, 3.63) is 89.0 Å². The van der Waals surface area contributed by atoms with E-state index in [1.54, 1.807) is 19.4 Å². The van der Waals surface area contributed by atoms with Crippen LogP contribution in [0.2, 0.25) is 0 Å². The number of benzene rings is 3. The van der Waals surface area contributed by atoms with E-state index in [9.17, 15) is 4.79 Å². The molecule has 2 aromatic heterocycles. The highest BCUT2D eigenvalue weighted by Crippen LogP contribution is 2.39. The minimum absolute atomic E-state index is 0.374. The maximum atomic E-state index is 12.2. The van der Waals surface area contributed by atoms with E-state index in [1.807, 2.05) is 67.6 Å². The molecule has 29 heavy (non-hydrogen) atoms. The molecular weight excluding hydrogens is 364 g/mol. The number of ether oxygens (including phenoxy) is 1. The Kier molecular flexibility index (Phi) is 3.98. The second-order valence-corrected chi connectivity index (χ2v) is 6.98. The topological polar surface area (TPSA) is 52.6 Å². The summed E-state index contributed by atoms with van der Waals surface area (Å²) in [5.41, 5.74) is 5.55. The summed E-state index contributed by atoms with van der Waals surface area (Å²) < 4.78 is 16.7. The maximum Gasteiger partial charge on any atom is 0.336 e. The predicted molar refractivity (Wildman–Crippen MR) is 114 cm³/mol. The third kappa shape index (κ3) is 2.81. The molecule has 142 valence electrons. The summed E-state index contributed by atoms with van der Waals surface area (Å²) >= 11 is 0. The molecule has 0 N–H and O–H groups in total. The molecule has 3 aromatic carbocycles. The third-order valence-electron chi connectivity index (χ3n) is 5.28. The summed E-state index contributed by atoms with van der Waals surface area (Å²) in [6, 6.07) is 21.3. The molecule has 0 radical (unpaired) electrons. The summed E-state index contributed by atoms with van der Waals surface area (Å²) in [6.07, 6.45) is 1.75. The van der Waals surface area contributed by atoms with Gasteiger partial charge < -0.3 is 13.6 Å². The summed E-state index contributed by atoms with van der Waals surface area (Å²) in [4.78, 5) is 12.2. The van der Waals surface area contributed by atoms with E-state index < -0.39 is 0 Å². The van der Waals surface area contributed by atoms with Crippen molar-refractivity contribution in [2.45, 2.75) is 6.92 Å². The highest BCUT2D eigenvalue weighted by atomic mass is 16.5. The molecule has 4 heteroatoms. The van der Waals surface area contributed by atoms with Crippen molar-refractivity contribution in [1.82, 2.24) is 0 Å². The second-order valence-electron chi connectivity index (χ2n) is 6.98. The Bertz CT molecular complexity index is 1390. The van der Waals surface area contributed by atoms with Gasteiger partial charge in [0.1, 0.15) is 16.9 Å². The van der Waals surface area contributed by atoms with Crippen molar-refractivity contribution in [2.75, 3.05) is 7.11 Å². The monoisotopic (exact) mass is 382 g/mol. The zero-order valence-electron chi connectivity index (χ0n) is 16.1. The Morgan fingerprint density at radius 3 is 2.21 bits per heavy atom. The Balaban J connectivity index is 1.83. The highest BCUT2D eigenvalue weighted by molar-refractivity contribution is 6.08. The molecule has 0 spiro atoms. The molecule has 0 aliphatic heterocycles. The maximum absolute atomic E-state index is 12.2. The van der Waals surface area contributed by atoms with Crippen molar-refractivity contribution in [1.29, 1.82) is 0 Å². The van der Waals surface area contributed by atoms with E-state index in [-0.39, 0.29) is 5.63 Å². The lowest BCUT2D eigenvalue weighted by Gasteiger charge is -2.09. The van der Waals surface area contributed by atoms with Gasteiger partial charge in [-0.05, 0) is 41.8 Å². The molecule has 0 fully saturated rings. The number of hydrogen-bond donors (Lipinski definition) is 0. The van der Waals surface area contributed by atoms with Crippen molar-refractivity contribution in [3.8, 4) is 28.0 Å². The molecule has 0 aliphatic carbocycles. The number of methoxy groups -OCH3 is 1. The Hall–Kier alpha value is -3.79. The van der Waals surface area contributed by atoms with Crippen LogP contribution in [0.5, 0.6) is 5.75 Å². The molecule has 0 unspecified atom stereocenters. The van der Waals surface area contributed by atoms with Gasteiger partial charge in [0.25, 0.3) is 0 Å². The molecule has 5 rings (SSSR count). The SMILES string of the molecule is COc1ccc(-c2coc3c(C)c4oc(=O)cc(-c5ccccc5)c4cc23)cc1. The van der Waals surface area contributed by atoms with Gasteiger partial charge in [-0.1, -0.05) is 42.5 Å². The minimum Gasteiger partial charge on any atom is -0.497 e. The van der Waals surface area contributed by atoms with Crippen molar-refractivity contribution >= 4 is 21.9 Å². The fourth-order valence-electron chi connectivity index (χ4n) is 3.82. The average Bonchev–Trinajstić information content (AvgIpc) is 3.19. The lowest BCUT2D eigenvalue weighted by atomic mass is 9.96.